The van der Waals surface area contributed by atoms with Crippen molar-refractivity contribution in [1.29, 1.82) is 0 Å². The zero-order chi connectivity index (χ0) is 22.1. The Morgan fingerprint density at radius 1 is 1.06 bits per heavy atom. The number of nitrogens with zero attached hydrogens (tertiary/aromatic N) is 4. The Hall–Kier alpha value is -3.43. The van der Waals surface area contributed by atoms with E-state index in [-0.39, 0.29) is 11.1 Å². The lowest BCUT2D eigenvalue weighted by Crippen LogP contribution is -2.21. The highest BCUT2D eigenvalue weighted by Gasteiger charge is 2.14. The van der Waals surface area contributed by atoms with Gasteiger partial charge in [0.15, 0.2) is 10.1 Å². The van der Waals surface area contributed by atoms with Gasteiger partial charge in [0.2, 0.25) is 0 Å². The molecular weight excluding hydrogens is 444 g/mol. The average Bonchev–Trinajstić information content (AvgIpc) is 3.28. The molecule has 0 unspecified atom stereocenters. The van der Waals surface area contributed by atoms with Crippen molar-refractivity contribution < 1.29 is 4.74 Å². The zero-order valence-corrected chi connectivity index (χ0v) is 18.7. The summed E-state index contributed by atoms with van der Waals surface area (Å²) >= 11 is 2.78. The maximum Gasteiger partial charge on any atom is 0.266 e. The second kappa shape index (κ2) is 8.60. The average molecular weight is 463 g/mol. The number of ether oxygens (including phenoxy) is 1. The van der Waals surface area contributed by atoms with Crippen LogP contribution in [0.1, 0.15) is 12.6 Å². The molecule has 0 aliphatic heterocycles. The van der Waals surface area contributed by atoms with Gasteiger partial charge in [-0.15, -0.1) is 11.3 Å². The molecule has 0 aliphatic carbocycles. The molecule has 0 spiro atoms. The van der Waals surface area contributed by atoms with Gasteiger partial charge in [-0.2, -0.15) is 0 Å². The molecule has 3 aromatic heterocycles. The van der Waals surface area contributed by atoms with E-state index < -0.39 is 0 Å². The van der Waals surface area contributed by atoms with E-state index in [1.165, 1.54) is 33.6 Å². The predicted molar refractivity (Wildman–Crippen MR) is 127 cm³/mol. The first kappa shape index (κ1) is 20.5. The number of benzene rings is 2. The molecule has 0 saturated heterocycles. The summed E-state index contributed by atoms with van der Waals surface area (Å²) in [7, 11) is 0. The van der Waals surface area contributed by atoms with Crippen LogP contribution in [0.25, 0.3) is 21.6 Å². The summed E-state index contributed by atoms with van der Waals surface area (Å²) in [6.45, 7) is 2.49. The standard InChI is InChI=1S/C23H18N4O3S2/c1-2-30-17-9-7-16(8-10-17)27-21(29)18-5-3-4-6-19(18)25-23(27)32-14-15-13-20(28)26-11-12-31-22(26)24-15/h3-13H,2,14H2,1H3. The van der Waals surface area contributed by atoms with Gasteiger partial charge in [0.05, 0.1) is 28.9 Å². The van der Waals surface area contributed by atoms with Crippen molar-refractivity contribution >= 4 is 39.0 Å². The zero-order valence-electron chi connectivity index (χ0n) is 17.1. The number of thiazole rings is 1. The molecule has 9 heteroatoms. The molecule has 5 rings (SSSR count). The molecule has 32 heavy (non-hydrogen) atoms. The molecule has 0 amide bonds. The van der Waals surface area contributed by atoms with Crippen molar-refractivity contribution in [2.24, 2.45) is 0 Å². The molecule has 3 heterocycles. The van der Waals surface area contributed by atoms with Crippen LogP contribution in [-0.4, -0.2) is 25.5 Å². The van der Waals surface area contributed by atoms with Gasteiger partial charge in [-0.25, -0.2) is 9.97 Å². The summed E-state index contributed by atoms with van der Waals surface area (Å²) in [6.07, 6.45) is 1.71. The van der Waals surface area contributed by atoms with E-state index in [0.29, 0.717) is 44.8 Å². The molecule has 2 aromatic carbocycles. The Bertz CT molecular complexity index is 1540. The summed E-state index contributed by atoms with van der Waals surface area (Å²) < 4.78 is 8.64. The summed E-state index contributed by atoms with van der Waals surface area (Å²) in [5.74, 6) is 1.15. The second-order valence-corrected chi connectivity index (χ2v) is 8.72. The number of rotatable bonds is 6. The molecule has 0 radical (unpaired) electrons. The highest BCUT2D eigenvalue weighted by molar-refractivity contribution is 7.98. The van der Waals surface area contributed by atoms with E-state index in [1.54, 1.807) is 16.8 Å². The van der Waals surface area contributed by atoms with E-state index in [9.17, 15) is 9.59 Å². The minimum atomic E-state index is -0.149. The third-order valence-corrected chi connectivity index (χ3v) is 6.59. The molecule has 0 saturated carbocycles. The number of para-hydroxylation sites is 1. The molecule has 160 valence electrons. The molecule has 0 fully saturated rings. The number of hydrogen-bond acceptors (Lipinski definition) is 7. The molecule has 0 atom stereocenters. The fraction of sp³-hybridized carbons (Fsp3) is 0.130. The Morgan fingerprint density at radius 3 is 2.69 bits per heavy atom. The van der Waals surface area contributed by atoms with Gasteiger partial charge in [0.25, 0.3) is 11.1 Å². The minimum absolute atomic E-state index is 0.123. The first-order valence-corrected chi connectivity index (χ1v) is 11.8. The SMILES string of the molecule is CCOc1ccc(-n2c(SCc3cc(=O)n4ccsc4n3)nc3ccccc3c2=O)cc1. The van der Waals surface area contributed by atoms with Crippen molar-refractivity contribution in [1.82, 2.24) is 18.9 Å². The maximum absolute atomic E-state index is 13.4. The summed E-state index contributed by atoms with van der Waals surface area (Å²) in [6, 6.07) is 16.2. The molecule has 7 nitrogen and oxygen atoms in total. The second-order valence-electron chi connectivity index (χ2n) is 6.91. The largest absolute Gasteiger partial charge is 0.494 e. The maximum atomic E-state index is 13.4. The number of fused-ring (bicyclic) bond motifs is 2. The van der Waals surface area contributed by atoms with Crippen LogP contribution in [-0.2, 0) is 5.75 Å². The first-order valence-electron chi connectivity index (χ1n) is 9.97. The van der Waals surface area contributed by atoms with E-state index in [1.807, 2.05) is 54.8 Å². The molecular formula is C23H18N4O3S2. The quantitative estimate of drug-likeness (QED) is 0.279. The lowest BCUT2D eigenvalue weighted by atomic mass is 10.2. The van der Waals surface area contributed by atoms with Crippen LogP contribution < -0.4 is 15.9 Å². The molecule has 0 N–H and O–H groups in total. The van der Waals surface area contributed by atoms with Gasteiger partial charge in [-0.3, -0.25) is 18.6 Å². The first-order chi connectivity index (χ1) is 15.6. The summed E-state index contributed by atoms with van der Waals surface area (Å²) in [4.78, 5) is 35.6. The topological polar surface area (TPSA) is 78.5 Å². The smallest absolute Gasteiger partial charge is 0.266 e. The Labute approximate surface area is 191 Å². The van der Waals surface area contributed by atoms with Crippen LogP contribution in [0, 0.1) is 0 Å². The number of thioether (sulfide) groups is 1. The minimum Gasteiger partial charge on any atom is -0.494 e. The normalized spacial score (nSPS) is 11.3. The van der Waals surface area contributed by atoms with Crippen LogP contribution in [0.5, 0.6) is 5.75 Å². The lowest BCUT2D eigenvalue weighted by molar-refractivity contribution is 0.340. The summed E-state index contributed by atoms with van der Waals surface area (Å²) in [5, 5.41) is 2.91. The van der Waals surface area contributed by atoms with Gasteiger partial charge in [0.1, 0.15) is 5.75 Å². The Balaban J connectivity index is 1.58. The van der Waals surface area contributed by atoms with Gasteiger partial charge < -0.3 is 4.74 Å². The van der Waals surface area contributed by atoms with Crippen molar-refractivity contribution in [3.05, 3.63) is 92.6 Å². The van der Waals surface area contributed by atoms with Crippen molar-refractivity contribution in [2.75, 3.05) is 6.61 Å². The highest BCUT2D eigenvalue weighted by atomic mass is 32.2. The van der Waals surface area contributed by atoms with E-state index in [2.05, 4.69) is 4.98 Å². The Kier molecular flexibility index (Phi) is 5.50. The van der Waals surface area contributed by atoms with Crippen LogP contribution in [0.15, 0.2) is 80.9 Å². The number of hydrogen-bond donors (Lipinski definition) is 0. The van der Waals surface area contributed by atoms with Crippen LogP contribution >= 0.6 is 23.1 Å². The van der Waals surface area contributed by atoms with Crippen molar-refractivity contribution in [3.8, 4) is 11.4 Å². The van der Waals surface area contributed by atoms with Crippen LogP contribution in [0.4, 0.5) is 0 Å². The van der Waals surface area contributed by atoms with Crippen molar-refractivity contribution in [2.45, 2.75) is 17.8 Å². The molecule has 5 aromatic rings. The van der Waals surface area contributed by atoms with Crippen LogP contribution in [0.2, 0.25) is 0 Å². The van der Waals surface area contributed by atoms with Crippen LogP contribution in [0.3, 0.4) is 0 Å². The third-order valence-electron chi connectivity index (χ3n) is 4.86. The fourth-order valence-corrected chi connectivity index (χ4v) is 5.04. The van der Waals surface area contributed by atoms with Gasteiger partial charge in [-0.05, 0) is 43.3 Å². The molecule has 0 aliphatic rings. The van der Waals surface area contributed by atoms with Gasteiger partial charge >= 0.3 is 0 Å². The van der Waals surface area contributed by atoms with E-state index in [4.69, 9.17) is 9.72 Å². The summed E-state index contributed by atoms with van der Waals surface area (Å²) in [5.41, 5.74) is 1.69. The monoisotopic (exact) mass is 462 g/mol. The lowest BCUT2D eigenvalue weighted by Gasteiger charge is -2.14. The van der Waals surface area contributed by atoms with Gasteiger partial charge in [-0.1, -0.05) is 23.9 Å². The van der Waals surface area contributed by atoms with E-state index in [0.717, 1.165) is 5.75 Å². The number of aromatic nitrogens is 4. The molecule has 0 bridgehead atoms. The van der Waals surface area contributed by atoms with Crippen molar-refractivity contribution in [3.63, 3.8) is 0 Å². The van der Waals surface area contributed by atoms with Gasteiger partial charge in [0, 0.05) is 23.4 Å². The third kappa shape index (κ3) is 3.80. The fourth-order valence-electron chi connectivity index (χ4n) is 3.40. The van der Waals surface area contributed by atoms with E-state index >= 15 is 0 Å². The highest BCUT2D eigenvalue weighted by Crippen LogP contribution is 2.25. The predicted octanol–water partition coefficient (Wildman–Crippen LogP) is 4.15. The Morgan fingerprint density at radius 2 is 1.88 bits per heavy atom.